The molecule has 32 heavy (non-hydrogen) atoms. The molecule has 0 spiro atoms. The Morgan fingerprint density at radius 1 is 1.06 bits per heavy atom. The molecule has 3 N–H and O–H groups in total. The van der Waals surface area contributed by atoms with Crippen LogP contribution in [0.25, 0.3) is 0 Å². The van der Waals surface area contributed by atoms with Crippen molar-refractivity contribution in [2.24, 2.45) is 0 Å². The predicted molar refractivity (Wildman–Crippen MR) is 131 cm³/mol. The quantitative estimate of drug-likeness (QED) is 0.484. The molecule has 166 valence electrons. The highest BCUT2D eigenvalue weighted by Gasteiger charge is 2.43. The topological polar surface area (TPSA) is 64.3 Å². The molecule has 0 saturated carbocycles. The Hall–Kier alpha value is -3.27. The van der Waals surface area contributed by atoms with Gasteiger partial charge in [-0.3, -0.25) is 4.79 Å². The van der Waals surface area contributed by atoms with Crippen molar-refractivity contribution in [2.45, 2.75) is 50.9 Å². The van der Waals surface area contributed by atoms with Crippen LogP contribution < -0.4 is 15.8 Å². The summed E-state index contributed by atoms with van der Waals surface area (Å²) in [4.78, 5) is 14.0. The summed E-state index contributed by atoms with van der Waals surface area (Å²) in [7, 11) is 1.67. The molecule has 1 aliphatic rings. The summed E-state index contributed by atoms with van der Waals surface area (Å²) < 4.78 is 5.52. The Kier molecular flexibility index (Phi) is 6.22. The van der Waals surface area contributed by atoms with E-state index in [1.165, 1.54) is 11.1 Å². The van der Waals surface area contributed by atoms with Gasteiger partial charge >= 0.3 is 0 Å². The Bertz CT molecular complexity index is 1090. The lowest BCUT2D eigenvalue weighted by Gasteiger charge is -2.38. The second-order valence-corrected chi connectivity index (χ2v) is 9.11. The van der Waals surface area contributed by atoms with Crippen molar-refractivity contribution in [3.05, 3.63) is 89.0 Å². The first kappa shape index (κ1) is 21.9. The minimum atomic E-state index is -0.672. The number of amides is 1. The van der Waals surface area contributed by atoms with E-state index in [9.17, 15) is 4.79 Å². The van der Waals surface area contributed by atoms with E-state index in [2.05, 4.69) is 37.4 Å². The standard InChI is InChI=1S/C28H32N2O2/c1-19(2)21-8-13-24(14-9-21)30-27(31)28(18-20-6-11-23(29)12-7-20)16-4-5-22-10-15-25(32-3)17-26(22)28/h6-15,17,19H,4-5,16,18,29H2,1-3H3,(H,30,31). The van der Waals surface area contributed by atoms with E-state index in [0.717, 1.165) is 47.5 Å². The molecule has 3 aromatic rings. The number of hydrogen-bond acceptors (Lipinski definition) is 3. The molecule has 4 nitrogen and oxygen atoms in total. The average Bonchev–Trinajstić information content (AvgIpc) is 2.80. The first-order valence-corrected chi connectivity index (χ1v) is 11.3. The molecule has 0 bridgehead atoms. The SMILES string of the molecule is COc1ccc2c(c1)C(Cc1ccc(N)cc1)(C(=O)Nc1ccc(C(C)C)cc1)CCC2. The predicted octanol–water partition coefficient (Wildman–Crippen LogP) is 5.86. The van der Waals surface area contributed by atoms with Gasteiger partial charge in [-0.2, -0.15) is 0 Å². The summed E-state index contributed by atoms with van der Waals surface area (Å²) in [6.45, 7) is 4.34. The van der Waals surface area contributed by atoms with Crippen molar-refractivity contribution in [2.75, 3.05) is 18.2 Å². The van der Waals surface area contributed by atoms with E-state index in [1.54, 1.807) is 7.11 Å². The van der Waals surface area contributed by atoms with Gasteiger partial charge in [0.15, 0.2) is 0 Å². The Morgan fingerprint density at radius 3 is 2.44 bits per heavy atom. The second kappa shape index (κ2) is 9.07. The lowest BCUT2D eigenvalue weighted by molar-refractivity contribution is -0.122. The van der Waals surface area contributed by atoms with Crippen LogP contribution in [0.2, 0.25) is 0 Å². The van der Waals surface area contributed by atoms with Crippen LogP contribution >= 0.6 is 0 Å². The molecule has 0 heterocycles. The molecule has 1 atom stereocenters. The zero-order valence-corrected chi connectivity index (χ0v) is 19.2. The van der Waals surface area contributed by atoms with Gasteiger partial charge in [-0.1, -0.05) is 44.2 Å². The normalized spacial score (nSPS) is 17.6. The van der Waals surface area contributed by atoms with Gasteiger partial charge in [-0.05, 0) is 90.3 Å². The van der Waals surface area contributed by atoms with Gasteiger partial charge in [0.1, 0.15) is 5.75 Å². The third kappa shape index (κ3) is 4.36. The highest BCUT2D eigenvalue weighted by Crippen LogP contribution is 2.42. The number of carbonyl (C=O) groups is 1. The zero-order chi connectivity index (χ0) is 22.7. The number of aryl methyl sites for hydroxylation is 1. The van der Waals surface area contributed by atoms with Gasteiger partial charge < -0.3 is 15.8 Å². The van der Waals surface area contributed by atoms with Gasteiger partial charge in [0, 0.05) is 11.4 Å². The molecule has 0 saturated heterocycles. The average molecular weight is 429 g/mol. The van der Waals surface area contributed by atoms with Crippen molar-refractivity contribution in [3.63, 3.8) is 0 Å². The molecule has 0 fully saturated rings. The van der Waals surface area contributed by atoms with E-state index in [0.29, 0.717) is 12.3 Å². The van der Waals surface area contributed by atoms with Crippen LogP contribution in [0.4, 0.5) is 11.4 Å². The number of hydrogen-bond donors (Lipinski definition) is 2. The first-order valence-electron chi connectivity index (χ1n) is 11.3. The molecular formula is C28H32N2O2. The highest BCUT2D eigenvalue weighted by molar-refractivity contribution is 6.00. The van der Waals surface area contributed by atoms with E-state index in [-0.39, 0.29) is 5.91 Å². The molecule has 1 aliphatic carbocycles. The monoisotopic (exact) mass is 428 g/mol. The fourth-order valence-electron chi connectivity index (χ4n) is 4.75. The maximum absolute atomic E-state index is 14.0. The van der Waals surface area contributed by atoms with Gasteiger partial charge in [0.05, 0.1) is 12.5 Å². The summed E-state index contributed by atoms with van der Waals surface area (Å²) in [5.41, 5.74) is 11.4. The largest absolute Gasteiger partial charge is 0.497 e. The summed E-state index contributed by atoms with van der Waals surface area (Å²) in [5.74, 6) is 1.26. The number of nitrogen functional groups attached to an aromatic ring is 1. The Balaban J connectivity index is 1.74. The first-order chi connectivity index (χ1) is 15.4. The molecule has 0 aromatic heterocycles. The number of methoxy groups -OCH3 is 1. The van der Waals surface area contributed by atoms with E-state index >= 15 is 0 Å². The second-order valence-electron chi connectivity index (χ2n) is 9.11. The number of ether oxygens (including phenoxy) is 1. The van der Waals surface area contributed by atoms with Crippen molar-refractivity contribution in [3.8, 4) is 5.75 Å². The zero-order valence-electron chi connectivity index (χ0n) is 19.2. The number of benzene rings is 3. The third-order valence-corrected chi connectivity index (χ3v) is 6.64. The fourth-order valence-corrected chi connectivity index (χ4v) is 4.75. The summed E-state index contributed by atoms with van der Waals surface area (Å²) in [6.07, 6.45) is 3.34. The summed E-state index contributed by atoms with van der Waals surface area (Å²) in [5, 5.41) is 3.22. The molecule has 3 aromatic carbocycles. The van der Waals surface area contributed by atoms with Gasteiger partial charge in [-0.15, -0.1) is 0 Å². The van der Waals surface area contributed by atoms with E-state index < -0.39 is 5.41 Å². The highest BCUT2D eigenvalue weighted by atomic mass is 16.5. The van der Waals surface area contributed by atoms with E-state index in [4.69, 9.17) is 10.5 Å². The molecule has 4 heteroatoms. The lowest BCUT2D eigenvalue weighted by Crippen LogP contribution is -2.45. The van der Waals surface area contributed by atoms with Crippen LogP contribution in [0, 0.1) is 0 Å². The van der Waals surface area contributed by atoms with Gasteiger partial charge in [-0.25, -0.2) is 0 Å². The summed E-state index contributed by atoms with van der Waals surface area (Å²) in [6, 6.07) is 22.2. The van der Waals surface area contributed by atoms with Crippen molar-refractivity contribution >= 4 is 17.3 Å². The molecule has 1 unspecified atom stereocenters. The Labute approximate surface area is 190 Å². The van der Waals surface area contributed by atoms with Gasteiger partial charge in [0.25, 0.3) is 0 Å². The molecule has 0 aliphatic heterocycles. The molecule has 4 rings (SSSR count). The smallest absolute Gasteiger partial charge is 0.235 e. The minimum Gasteiger partial charge on any atom is -0.497 e. The fraction of sp³-hybridized carbons (Fsp3) is 0.321. The number of carbonyl (C=O) groups excluding carboxylic acids is 1. The molecule has 1 amide bonds. The maximum Gasteiger partial charge on any atom is 0.235 e. The number of rotatable bonds is 6. The summed E-state index contributed by atoms with van der Waals surface area (Å²) >= 11 is 0. The van der Waals surface area contributed by atoms with Gasteiger partial charge in [0.2, 0.25) is 5.91 Å². The van der Waals surface area contributed by atoms with Crippen molar-refractivity contribution in [1.29, 1.82) is 0 Å². The molecule has 0 radical (unpaired) electrons. The van der Waals surface area contributed by atoms with Crippen LogP contribution in [-0.4, -0.2) is 13.0 Å². The minimum absolute atomic E-state index is 0.0285. The van der Waals surface area contributed by atoms with E-state index in [1.807, 2.05) is 48.5 Å². The third-order valence-electron chi connectivity index (χ3n) is 6.64. The lowest BCUT2D eigenvalue weighted by atomic mass is 9.66. The maximum atomic E-state index is 14.0. The van der Waals surface area contributed by atoms with Crippen LogP contribution in [0.1, 0.15) is 54.9 Å². The Morgan fingerprint density at radius 2 is 1.78 bits per heavy atom. The van der Waals surface area contributed by atoms with Crippen molar-refractivity contribution in [1.82, 2.24) is 0 Å². The number of anilines is 2. The van der Waals surface area contributed by atoms with Crippen LogP contribution in [-0.2, 0) is 23.1 Å². The molecular weight excluding hydrogens is 396 g/mol. The number of nitrogens with one attached hydrogen (secondary N) is 1. The number of nitrogens with two attached hydrogens (primary N) is 1. The number of fused-ring (bicyclic) bond motifs is 1. The van der Waals surface area contributed by atoms with Crippen LogP contribution in [0.5, 0.6) is 5.75 Å². The van der Waals surface area contributed by atoms with Crippen LogP contribution in [0.3, 0.4) is 0 Å². The van der Waals surface area contributed by atoms with Crippen LogP contribution in [0.15, 0.2) is 66.7 Å². The van der Waals surface area contributed by atoms with Crippen molar-refractivity contribution < 1.29 is 9.53 Å².